The van der Waals surface area contributed by atoms with E-state index < -0.39 is 18.2 Å². The molecule has 0 amide bonds. The first-order chi connectivity index (χ1) is 15.9. The van der Waals surface area contributed by atoms with Gasteiger partial charge in [0, 0.05) is 6.42 Å². The van der Waals surface area contributed by atoms with Crippen LogP contribution in [-0.4, -0.2) is 47.7 Å². The van der Waals surface area contributed by atoms with Gasteiger partial charge in [-0.3, -0.25) is 0 Å². The summed E-state index contributed by atoms with van der Waals surface area (Å²) in [5.41, 5.74) is 3.01. The third-order valence-corrected chi connectivity index (χ3v) is 4.88. The molecule has 3 rings (SSSR count). The molecule has 3 aromatic carbocycles. The summed E-state index contributed by atoms with van der Waals surface area (Å²) in [4.78, 5) is 11.4. The van der Waals surface area contributed by atoms with Crippen molar-refractivity contribution >= 4 is 5.97 Å². The Kier molecular flexibility index (Phi) is 8.87. The van der Waals surface area contributed by atoms with E-state index in [4.69, 9.17) is 14.2 Å². The van der Waals surface area contributed by atoms with E-state index in [1.807, 2.05) is 60.7 Å². The van der Waals surface area contributed by atoms with Crippen molar-refractivity contribution in [1.29, 1.82) is 0 Å². The molecule has 6 heteroatoms. The Hall–Kier alpha value is -3.35. The second kappa shape index (κ2) is 12.0. The van der Waals surface area contributed by atoms with Crippen LogP contribution in [0.3, 0.4) is 0 Å². The van der Waals surface area contributed by atoms with E-state index in [9.17, 15) is 15.0 Å². The molecule has 3 aromatic rings. The smallest absolute Gasteiger partial charge is 0.333 e. The molecule has 0 aliphatic carbocycles. The van der Waals surface area contributed by atoms with E-state index in [2.05, 4.69) is 0 Å². The number of aliphatic carboxylic acids is 1. The lowest BCUT2D eigenvalue weighted by Gasteiger charge is -2.17. The van der Waals surface area contributed by atoms with Crippen LogP contribution in [-0.2, 0) is 16.0 Å². The molecule has 33 heavy (non-hydrogen) atoms. The van der Waals surface area contributed by atoms with Crippen molar-refractivity contribution in [2.75, 3.05) is 13.2 Å². The van der Waals surface area contributed by atoms with Gasteiger partial charge in [0.05, 0.1) is 6.10 Å². The van der Waals surface area contributed by atoms with Gasteiger partial charge >= 0.3 is 5.97 Å². The lowest BCUT2D eigenvalue weighted by molar-refractivity contribution is -0.153. The zero-order valence-corrected chi connectivity index (χ0v) is 18.9. The number of aliphatic hydroxyl groups is 1. The third-order valence-electron chi connectivity index (χ3n) is 4.88. The predicted octanol–water partition coefficient (Wildman–Crippen LogP) is 4.59. The van der Waals surface area contributed by atoms with Crippen molar-refractivity contribution in [3.05, 3.63) is 84.4 Å². The zero-order chi connectivity index (χ0) is 23.6. The van der Waals surface area contributed by atoms with Crippen LogP contribution in [0, 0.1) is 0 Å². The fourth-order valence-electron chi connectivity index (χ4n) is 3.31. The van der Waals surface area contributed by atoms with E-state index in [0.29, 0.717) is 11.5 Å². The highest BCUT2D eigenvalue weighted by Crippen LogP contribution is 2.22. The highest BCUT2D eigenvalue weighted by molar-refractivity contribution is 5.72. The van der Waals surface area contributed by atoms with Crippen LogP contribution in [0.2, 0.25) is 0 Å². The molecule has 2 N–H and O–H groups in total. The second-order valence-corrected chi connectivity index (χ2v) is 8.03. The number of ether oxygens (including phenoxy) is 3. The Labute approximate surface area is 194 Å². The van der Waals surface area contributed by atoms with Gasteiger partial charge in [0.15, 0.2) is 6.10 Å². The summed E-state index contributed by atoms with van der Waals surface area (Å²) in [6.07, 6.45) is -1.70. The maximum atomic E-state index is 11.4. The minimum atomic E-state index is -1.00. The summed E-state index contributed by atoms with van der Waals surface area (Å²) in [5, 5.41) is 19.6. The third kappa shape index (κ3) is 7.93. The minimum Gasteiger partial charge on any atom is -0.491 e. The van der Waals surface area contributed by atoms with Crippen molar-refractivity contribution < 1.29 is 29.2 Å². The summed E-state index contributed by atoms with van der Waals surface area (Å²) < 4.78 is 16.8. The molecule has 0 aliphatic heterocycles. The van der Waals surface area contributed by atoms with Crippen molar-refractivity contribution in [1.82, 2.24) is 0 Å². The van der Waals surface area contributed by atoms with Crippen LogP contribution in [0.1, 0.15) is 19.4 Å². The largest absolute Gasteiger partial charge is 0.491 e. The van der Waals surface area contributed by atoms with Gasteiger partial charge in [-0.05, 0) is 54.8 Å². The molecular formula is C27H30O6. The molecule has 0 saturated carbocycles. The van der Waals surface area contributed by atoms with Crippen LogP contribution in [0.4, 0.5) is 0 Å². The number of rotatable bonds is 12. The average Bonchev–Trinajstić information content (AvgIpc) is 2.82. The number of hydrogen-bond donors (Lipinski definition) is 2. The van der Waals surface area contributed by atoms with Crippen LogP contribution in [0.5, 0.6) is 11.5 Å². The van der Waals surface area contributed by atoms with Gasteiger partial charge < -0.3 is 24.4 Å². The quantitative estimate of drug-likeness (QED) is 0.420. The molecular weight excluding hydrogens is 420 g/mol. The molecule has 0 aliphatic rings. The number of carboxylic acid groups (broad SMARTS) is 1. The number of aliphatic hydroxyl groups excluding tert-OH is 1. The van der Waals surface area contributed by atoms with E-state index in [0.717, 1.165) is 16.7 Å². The molecule has 0 saturated heterocycles. The first-order valence-electron chi connectivity index (χ1n) is 11.0. The summed E-state index contributed by atoms with van der Waals surface area (Å²) in [6, 6.07) is 24.9. The fraction of sp³-hybridized carbons (Fsp3) is 0.296. The van der Waals surface area contributed by atoms with E-state index in [1.165, 1.54) is 0 Å². The number of benzene rings is 3. The zero-order valence-electron chi connectivity index (χ0n) is 18.9. The summed E-state index contributed by atoms with van der Waals surface area (Å²) >= 11 is 0. The SMILES string of the molecule is CC(C)OC(Cc1cccc(OCC(O)COc2ccc(-c3ccccc3)cc2)c1)C(=O)O. The van der Waals surface area contributed by atoms with Gasteiger partial charge in [-0.2, -0.15) is 0 Å². The molecule has 0 spiro atoms. The van der Waals surface area contributed by atoms with Gasteiger partial charge in [-0.25, -0.2) is 4.79 Å². The first-order valence-corrected chi connectivity index (χ1v) is 11.0. The Bertz CT molecular complexity index is 1000. The molecule has 0 heterocycles. The molecule has 2 unspecified atom stereocenters. The topological polar surface area (TPSA) is 85.2 Å². The molecule has 2 atom stereocenters. The van der Waals surface area contributed by atoms with Crippen molar-refractivity contribution in [2.45, 2.75) is 38.6 Å². The van der Waals surface area contributed by atoms with Crippen molar-refractivity contribution in [3.8, 4) is 22.6 Å². The summed E-state index contributed by atoms with van der Waals surface area (Å²) in [6.45, 7) is 3.75. The number of hydrogen-bond acceptors (Lipinski definition) is 5. The van der Waals surface area contributed by atoms with E-state index in [-0.39, 0.29) is 25.7 Å². The van der Waals surface area contributed by atoms with Gasteiger partial charge in [0.1, 0.15) is 30.8 Å². The molecule has 0 aromatic heterocycles. The maximum Gasteiger partial charge on any atom is 0.333 e. The number of carboxylic acids is 1. The monoisotopic (exact) mass is 450 g/mol. The van der Waals surface area contributed by atoms with Crippen molar-refractivity contribution in [2.24, 2.45) is 0 Å². The Morgan fingerprint density at radius 2 is 1.45 bits per heavy atom. The van der Waals surface area contributed by atoms with Crippen molar-refractivity contribution in [3.63, 3.8) is 0 Å². The van der Waals surface area contributed by atoms with Gasteiger partial charge in [0.25, 0.3) is 0 Å². The number of carbonyl (C=O) groups is 1. The molecule has 6 nitrogen and oxygen atoms in total. The lowest BCUT2D eigenvalue weighted by Crippen LogP contribution is -2.29. The fourth-order valence-corrected chi connectivity index (χ4v) is 3.31. The van der Waals surface area contributed by atoms with Crippen LogP contribution in [0.25, 0.3) is 11.1 Å². The minimum absolute atomic E-state index is 0.0520. The Morgan fingerprint density at radius 3 is 2.09 bits per heavy atom. The van der Waals surface area contributed by atoms with E-state index in [1.54, 1.807) is 32.0 Å². The second-order valence-electron chi connectivity index (χ2n) is 8.03. The van der Waals surface area contributed by atoms with Crippen LogP contribution >= 0.6 is 0 Å². The normalized spacial score (nSPS) is 12.8. The lowest BCUT2D eigenvalue weighted by atomic mass is 10.1. The van der Waals surface area contributed by atoms with Gasteiger partial charge in [-0.1, -0.05) is 54.6 Å². The predicted molar refractivity (Wildman–Crippen MR) is 127 cm³/mol. The standard InChI is InChI=1S/C27H30O6/c1-19(2)33-26(27(29)30)16-20-7-6-10-25(15-20)32-18-23(28)17-31-24-13-11-22(12-14-24)21-8-4-3-5-9-21/h3-15,19,23,26,28H,16-18H2,1-2H3,(H,29,30). The van der Waals surface area contributed by atoms with Crippen LogP contribution < -0.4 is 9.47 Å². The average molecular weight is 451 g/mol. The van der Waals surface area contributed by atoms with Crippen LogP contribution in [0.15, 0.2) is 78.9 Å². The summed E-state index contributed by atoms with van der Waals surface area (Å²) in [7, 11) is 0. The highest BCUT2D eigenvalue weighted by Gasteiger charge is 2.20. The van der Waals surface area contributed by atoms with Gasteiger partial charge in [0.2, 0.25) is 0 Å². The molecule has 0 bridgehead atoms. The first kappa shape index (κ1) is 24.3. The molecule has 0 fully saturated rings. The Balaban J connectivity index is 1.47. The molecule has 174 valence electrons. The molecule has 0 radical (unpaired) electrons. The van der Waals surface area contributed by atoms with Gasteiger partial charge in [-0.15, -0.1) is 0 Å². The van der Waals surface area contributed by atoms with E-state index >= 15 is 0 Å². The Morgan fingerprint density at radius 1 is 0.818 bits per heavy atom. The highest BCUT2D eigenvalue weighted by atomic mass is 16.5. The maximum absolute atomic E-state index is 11.4. The summed E-state index contributed by atoms with van der Waals surface area (Å²) in [5.74, 6) is 0.215.